The van der Waals surface area contributed by atoms with Crippen molar-refractivity contribution in [2.24, 2.45) is 0 Å². The highest BCUT2D eigenvalue weighted by atomic mass is 15.0. The van der Waals surface area contributed by atoms with E-state index < -0.39 is 0 Å². The van der Waals surface area contributed by atoms with Crippen molar-refractivity contribution in [3.05, 3.63) is 48.7 Å². The number of aryl methyl sites for hydroxylation is 1. The van der Waals surface area contributed by atoms with Gasteiger partial charge in [0.1, 0.15) is 0 Å². The van der Waals surface area contributed by atoms with Gasteiger partial charge in [0.05, 0.1) is 0 Å². The molecule has 19 heavy (non-hydrogen) atoms. The molecule has 0 radical (unpaired) electrons. The molecule has 0 saturated heterocycles. The van der Waals surface area contributed by atoms with E-state index in [0.29, 0.717) is 0 Å². The second-order valence-electron chi connectivity index (χ2n) is 5.49. The molecule has 1 saturated carbocycles. The number of nitrogens with zero attached hydrogens (tertiary/aromatic N) is 1. The number of unbranched alkanes of at least 4 members (excludes halogenated alkanes) is 1. The fraction of sp³-hybridized carbons (Fsp3) is 0.412. The van der Waals surface area contributed by atoms with E-state index in [0.717, 1.165) is 32.0 Å². The molecule has 0 bridgehead atoms. The third kappa shape index (κ3) is 3.07. The molecule has 1 aromatic carbocycles. The molecular formula is C17H22N2. The van der Waals surface area contributed by atoms with Crippen molar-refractivity contribution < 1.29 is 0 Å². The molecule has 2 heteroatoms. The highest BCUT2D eigenvalue weighted by molar-refractivity contribution is 5.80. The molecular weight excluding hydrogens is 232 g/mol. The first-order valence-corrected chi connectivity index (χ1v) is 7.29. The molecule has 1 aliphatic carbocycles. The fourth-order valence-electron chi connectivity index (χ4n) is 2.51. The molecule has 1 heterocycles. The average molecular weight is 254 g/mol. The van der Waals surface area contributed by atoms with Crippen LogP contribution in [-0.4, -0.2) is 10.6 Å². The van der Waals surface area contributed by atoms with Gasteiger partial charge < -0.3 is 9.88 Å². The standard InChI is InChI=1S/C17H22N2/c1-2-3-4-10-19-11-9-15-12-14(5-8-17(15)19)13-18-16-6-7-16/h2,5,8-9,11-12,16,18H,1,3-4,6-7,10,13H2. The quantitative estimate of drug-likeness (QED) is 0.586. The zero-order valence-corrected chi connectivity index (χ0v) is 11.4. The van der Waals surface area contributed by atoms with Crippen LogP contribution in [0.3, 0.4) is 0 Å². The molecule has 0 unspecified atom stereocenters. The Kier molecular flexibility index (Phi) is 3.69. The van der Waals surface area contributed by atoms with Crippen LogP contribution in [0.5, 0.6) is 0 Å². The molecule has 0 atom stereocenters. The highest BCUT2D eigenvalue weighted by Crippen LogP contribution is 2.21. The minimum atomic E-state index is 0.777. The maximum Gasteiger partial charge on any atom is 0.0480 e. The predicted molar refractivity (Wildman–Crippen MR) is 81.2 cm³/mol. The van der Waals surface area contributed by atoms with Gasteiger partial charge in [0.2, 0.25) is 0 Å². The summed E-state index contributed by atoms with van der Waals surface area (Å²) in [6.07, 6.45) is 9.14. The van der Waals surface area contributed by atoms with Crippen LogP contribution < -0.4 is 5.32 Å². The van der Waals surface area contributed by atoms with Crippen molar-refractivity contribution in [1.82, 2.24) is 9.88 Å². The molecule has 1 N–H and O–H groups in total. The number of hydrogen-bond acceptors (Lipinski definition) is 1. The van der Waals surface area contributed by atoms with Crippen LogP contribution in [0.4, 0.5) is 0 Å². The molecule has 100 valence electrons. The van der Waals surface area contributed by atoms with Crippen LogP contribution in [0, 0.1) is 0 Å². The molecule has 0 aliphatic heterocycles. The summed E-state index contributed by atoms with van der Waals surface area (Å²) in [7, 11) is 0. The maximum atomic E-state index is 3.78. The topological polar surface area (TPSA) is 17.0 Å². The third-order valence-corrected chi connectivity index (χ3v) is 3.81. The SMILES string of the molecule is C=CCCCn1ccc2cc(CNC3CC3)ccc21. The number of hydrogen-bond donors (Lipinski definition) is 1. The number of benzene rings is 1. The van der Waals surface area contributed by atoms with Crippen molar-refractivity contribution in [1.29, 1.82) is 0 Å². The highest BCUT2D eigenvalue weighted by Gasteiger charge is 2.19. The van der Waals surface area contributed by atoms with Crippen LogP contribution in [0.15, 0.2) is 43.1 Å². The van der Waals surface area contributed by atoms with Gasteiger partial charge in [-0.05, 0) is 54.8 Å². The molecule has 1 fully saturated rings. The van der Waals surface area contributed by atoms with Crippen LogP contribution in [0.25, 0.3) is 10.9 Å². The zero-order chi connectivity index (χ0) is 13.1. The van der Waals surface area contributed by atoms with E-state index in [2.05, 4.69) is 46.9 Å². The van der Waals surface area contributed by atoms with Gasteiger partial charge >= 0.3 is 0 Å². The molecule has 0 spiro atoms. The molecule has 2 aromatic rings. The summed E-state index contributed by atoms with van der Waals surface area (Å²) in [5, 5.41) is 4.92. The number of rotatable bonds is 7. The van der Waals surface area contributed by atoms with E-state index in [4.69, 9.17) is 0 Å². The van der Waals surface area contributed by atoms with Crippen molar-refractivity contribution in [2.75, 3.05) is 0 Å². The smallest absolute Gasteiger partial charge is 0.0480 e. The maximum absolute atomic E-state index is 3.78. The Morgan fingerprint density at radius 3 is 3.00 bits per heavy atom. The number of aromatic nitrogens is 1. The van der Waals surface area contributed by atoms with Crippen molar-refractivity contribution in [3.8, 4) is 0 Å². The summed E-state index contributed by atoms with van der Waals surface area (Å²) in [4.78, 5) is 0. The Balaban J connectivity index is 1.70. The Hall–Kier alpha value is -1.54. The number of allylic oxidation sites excluding steroid dienone is 1. The second kappa shape index (κ2) is 5.62. The fourth-order valence-corrected chi connectivity index (χ4v) is 2.51. The third-order valence-electron chi connectivity index (χ3n) is 3.81. The van der Waals surface area contributed by atoms with Crippen LogP contribution in [0.2, 0.25) is 0 Å². The van der Waals surface area contributed by atoms with E-state index in [-0.39, 0.29) is 0 Å². The van der Waals surface area contributed by atoms with E-state index in [1.165, 1.54) is 29.3 Å². The average Bonchev–Trinajstić information content (AvgIpc) is 3.18. The minimum absolute atomic E-state index is 0.777. The Bertz CT molecular complexity index is 564. The van der Waals surface area contributed by atoms with Gasteiger partial charge in [0, 0.05) is 30.8 Å². The summed E-state index contributed by atoms with van der Waals surface area (Å²) in [6, 6.07) is 9.83. The second-order valence-corrected chi connectivity index (χ2v) is 5.49. The summed E-state index contributed by atoms with van der Waals surface area (Å²) >= 11 is 0. The van der Waals surface area contributed by atoms with Crippen molar-refractivity contribution >= 4 is 10.9 Å². The predicted octanol–water partition coefficient (Wildman–Crippen LogP) is 3.86. The van der Waals surface area contributed by atoms with Crippen LogP contribution >= 0.6 is 0 Å². The molecule has 1 aromatic heterocycles. The lowest BCUT2D eigenvalue weighted by atomic mass is 10.1. The molecule has 3 rings (SSSR count). The Labute approximate surface area is 115 Å². The summed E-state index contributed by atoms with van der Waals surface area (Å²) in [5.41, 5.74) is 2.74. The van der Waals surface area contributed by atoms with Crippen molar-refractivity contribution in [3.63, 3.8) is 0 Å². The largest absolute Gasteiger partial charge is 0.347 e. The number of fused-ring (bicyclic) bond motifs is 1. The first-order valence-electron chi connectivity index (χ1n) is 7.29. The first kappa shape index (κ1) is 12.5. The zero-order valence-electron chi connectivity index (χ0n) is 11.4. The monoisotopic (exact) mass is 254 g/mol. The van der Waals surface area contributed by atoms with Gasteiger partial charge in [-0.25, -0.2) is 0 Å². The normalized spacial score (nSPS) is 14.9. The van der Waals surface area contributed by atoms with E-state index in [1.54, 1.807) is 0 Å². The summed E-state index contributed by atoms with van der Waals surface area (Å²) in [5.74, 6) is 0. The minimum Gasteiger partial charge on any atom is -0.347 e. The Morgan fingerprint density at radius 2 is 2.21 bits per heavy atom. The summed E-state index contributed by atoms with van der Waals surface area (Å²) in [6.45, 7) is 5.86. The van der Waals surface area contributed by atoms with Gasteiger partial charge in [-0.2, -0.15) is 0 Å². The van der Waals surface area contributed by atoms with E-state index >= 15 is 0 Å². The lowest BCUT2D eigenvalue weighted by Crippen LogP contribution is -2.15. The summed E-state index contributed by atoms with van der Waals surface area (Å²) < 4.78 is 2.34. The molecule has 2 nitrogen and oxygen atoms in total. The first-order chi connectivity index (χ1) is 9.36. The van der Waals surface area contributed by atoms with Crippen LogP contribution in [-0.2, 0) is 13.1 Å². The van der Waals surface area contributed by atoms with Crippen molar-refractivity contribution in [2.45, 2.75) is 44.8 Å². The van der Waals surface area contributed by atoms with Gasteiger partial charge in [-0.3, -0.25) is 0 Å². The molecule has 0 amide bonds. The van der Waals surface area contributed by atoms with Gasteiger partial charge in [0.15, 0.2) is 0 Å². The molecule has 1 aliphatic rings. The lowest BCUT2D eigenvalue weighted by molar-refractivity contribution is 0.670. The van der Waals surface area contributed by atoms with Crippen LogP contribution in [0.1, 0.15) is 31.2 Å². The van der Waals surface area contributed by atoms with E-state index in [1.807, 2.05) is 6.08 Å². The lowest BCUT2D eigenvalue weighted by Gasteiger charge is -2.06. The Morgan fingerprint density at radius 1 is 1.32 bits per heavy atom. The van der Waals surface area contributed by atoms with E-state index in [9.17, 15) is 0 Å². The van der Waals surface area contributed by atoms with Gasteiger partial charge in [-0.1, -0.05) is 12.1 Å². The number of nitrogens with one attached hydrogen (secondary N) is 1. The van der Waals surface area contributed by atoms with Gasteiger partial charge in [-0.15, -0.1) is 6.58 Å². The van der Waals surface area contributed by atoms with Gasteiger partial charge in [0.25, 0.3) is 0 Å².